The number of fused-ring (bicyclic) bond motifs is 1. The zero-order valence-electron chi connectivity index (χ0n) is 16.5. The zero-order valence-corrected chi connectivity index (χ0v) is 16.5. The number of carboxylic acids is 1. The molecule has 2 heterocycles. The van der Waals surface area contributed by atoms with Gasteiger partial charge < -0.3 is 19.9 Å². The molecule has 0 aliphatic heterocycles. The lowest BCUT2D eigenvalue weighted by Crippen LogP contribution is -2.04. The van der Waals surface area contributed by atoms with Crippen molar-refractivity contribution in [3.63, 3.8) is 0 Å². The van der Waals surface area contributed by atoms with Crippen molar-refractivity contribution >= 4 is 23.3 Å². The molecular formula is C22H20N4O4. The molecule has 4 rings (SSSR count). The third-order valence-electron chi connectivity index (χ3n) is 4.61. The first-order valence-electron chi connectivity index (χ1n) is 9.21. The Morgan fingerprint density at radius 2 is 1.93 bits per heavy atom. The molecule has 2 aromatic carbocycles. The number of hydrogen-bond donors (Lipinski definition) is 2. The topological polar surface area (TPSA) is 98.0 Å². The number of methoxy groups -OCH3 is 2. The SMILES string of the molecule is COc1ccc(-c2cc3nccn3c(Nc3cccc(CC(=O)O)c3)n2)cc1OC. The number of hydrogen-bond acceptors (Lipinski definition) is 6. The van der Waals surface area contributed by atoms with Crippen molar-refractivity contribution in [3.8, 4) is 22.8 Å². The van der Waals surface area contributed by atoms with Crippen LogP contribution in [0.4, 0.5) is 11.6 Å². The number of aliphatic carboxylic acids is 1. The smallest absolute Gasteiger partial charge is 0.307 e. The highest BCUT2D eigenvalue weighted by molar-refractivity contribution is 5.72. The van der Waals surface area contributed by atoms with E-state index in [4.69, 9.17) is 19.6 Å². The maximum atomic E-state index is 11.0. The normalized spacial score (nSPS) is 10.7. The summed E-state index contributed by atoms with van der Waals surface area (Å²) in [5, 5.41) is 12.3. The molecule has 152 valence electrons. The predicted octanol–water partition coefficient (Wildman–Crippen LogP) is 3.78. The van der Waals surface area contributed by atoms with E-state index in [-0.39, 0.29) is 6.42 Å². The lowest BCUT2D eigenvalue weighted by atomic mass is 10.1. The number of carbonyl (C=O) groups is 1. The van der Waals surface area contributed by atoms with E-state index in [1.807, 2.05) is 47.0 Å². The highest BCUT2D eigenvalue weighted by Crippen LogP contribution is 2.32. The average Bonchev–Trinajstić information content (AvgIpc) is 3.22. The summed E-state index contributed by atoms with van der Waals surface area (Å²) in [6.07, 6.45) is 3.46. The Kier molecular flexibility index (Phi) is 5.21. The maximum Gasteiger partial charge on any atom is 0.307 e. The number of benzene rings is 2. The van der Waals surface area contributed by atoms with Crippen LogP contribution in [0.15, 0.2) is 60.9 Å². The predicted molar refractivity (Wildman–Crippen MR) is 113 cm³/mol. The third-order valence-corrected chi connectivity index (χ3v) is 4.61. The molecule has 0 fully saturated rings. The summed E-state index contributed by atoms with van der Waals surface area (Å²) in [5.74, 6) is 0.924. The number of imidazole rings is 1. The molecule has 4 aromatic rings. The van der Waals surface area contributed by atoms with Crippen LogP contribution >= 0.6 is 0 Å². The maximum absolute atomic E-state index is 11.0. The second-order valence-corrected chi connectivity index (χ2v) is 6.59. The number of nitrogens with one attached hydrogen (secondary N) is 1. The first kappa shape index (κ1) is 19.3. The standard InChI is InChI=1S/C22H20N4O4/c1-29-18-7-6-15(12-19(18)30-2)17-13-20-23-8-9-26(20)22(25-17)24-16-5-3-4-14(10-16)11-21(27)28/h3-10,12-13H,11H2,1-2H3,(H,24,25)(H,27,28). The van der Waals surface area contributed by atoms with Crippen LogP contribution in [-0.2, 0) is 11.2 Å². The summed E-state index contributed by atoms with van der Waals surface area (Å²) in [4.78, 5) is 20.2. The highest BCUT2D eigenvalue weighted by atomic mass is 16.5. The molecule has 0 atom stereocenters. The quantitative estimate of drug-likeness (QED) is 0.484. The van der Waals surface area contributed by atoms with E-state index in [9.17, 15) is 4.79 Å². The van der Waals surface area contributed by atoms with Gasteiger partial charge in [0.15, 0.2) is 11.5 Å². The van der Waals surface area contributed by atoms with Crippen molar-refractivity contribution in [2.75, 3.05) is 19.5 Å². The van der Waals surface area contributed by atoms with Crippen LogP contribution in [0.1, 0.15) is 5.56 Å². The van der Waals surface area contributed by atoms with Crippen molar-refractivity contribution in [3.05, 3.63) is 66.5 Å². The molecule has 30 heavy (non-hydrogen) atoms. The number of ether oxygens (including phenoxy) is 2. The number of nitrogens with zero attached hydrogens (tertiary/aromatic N) is 3. The van der Waals surface area contributed by atoms with E-state index >= 15 is 0 Å². The first-order valence-corrected chi connectivity index (χ1v) is 9.21. The van der Waals surface area contributed by atoms with Crippen LogP contribution in [0.3, 0.4) is 0 Å². The van der Waals surface area contributed by atoms with E-state index in [2.05, 4.69) is 10.3 Å². The minimum atomic E-state index is -0.877. The van der Waals surface area contributed by atoms with Gasteiger partial charge in [-0.15, -0.1) is 0 Å². The molecule has 0 aliphatic rings. The molecule has 8 nitrogen and oxygen atoms in total. The summed E-state index contributed by atoms with van der Waals surface area (Å²) in [7, 11) is 3.18. The van der Waals surface area contributed by atoms with Crippen LogP contribution in [0.2, 0.25) is 0 Å². The molecular weight excluding hydrogens is 384 g/mol. The van der Waals surface area contributed by atoms with Crippen molar-refractivity contribution in [1.82, 2.24) is 14.4 Å². The van der Waals surface area contributed by atoms with Crippen molar-refractivity contribution in [2.24, 2.45) is 0 Å². The average molecular weight is 404 g/mol. The van der Waals surface area contributed by atoms with E-state index in [1.165, 1.54) is 0 Å². The van der Waals surface area contributed by atoms with Gasteiger partial charge in [-0.2, -0.15) is 0 Å². The fourth-order valence-corrected chi connectivity index (χ4v) is 3.22. The van der Waals surface area contributed by atoms with Gasteiger partial charge in [0.25, 0.3) is 0 Å². The Bertz CT molecular complexity index is 1220. The van der Waals surface area contributed by atoms with Gasteiger partial charge in [-0.05, 0) is 35.9 Å². The molecule has 2 N–H and O–H groups in total. The second kappa shape index (κ2) is 8.12. The molecule has 0 saturated heterocycles. The fraction of sp³-hybridized carbons (Fsp3) is 0.136. The van der Waals surface area contributed by atoms with E-state index < -0.39 is 5.97 Å². The number of aromatic nitrogens is 3. The third kappa shape index (κ3) is 3.88. The van der Waals surface area contributed by atoms with E-state index in [0.29, 0.717) is 28.7 Å². The molecule has 0 bridgehead atoms. The zero-order chi connectivity index (χ0) is 21.1. The fourth-order valence-electron chi connectivity index (χ4n) is 3.22. The summed E-state index contributed by atoms with van der Waals surface area (Å²) in [6.45, 7) is 0. The van der Waals surface area contributed by atoms with Gasteiger partial charge in [-0.1, -0.05) is 12.1 Å². The largest absolute Gasteiger partial charge is 0.493 e. The van der Waals surface area contributed by atoms with Gasteiger partial charge >= 0.3 is 5.97 Å². The Morgan fingerprint density at radius 3 is 2.70 bits per heavy atom. The summed E-state index contributed by atoms with van der Waals surface area (Å²) in [5.41, 5.74) is 3.71. The molecule has 0 amide bonds. The molecule has 8 heteroatoms. The number of anilines is 2. The minimum absolute atomic E-state index is 0.0465. The first-order chi connectivity index (χ1) is 14.6. The Labute approximate surface area is 172 Å². The number of rotatable bonds is 7. The Balaban J connectivity index is 1.75. The van der Waals surface area contributed by atoms with Gasteiger partial charge in [0.1, 0.15) is 5.65 Å². The van der Waals surface area contributed by atoms with Gasteiger partial charge in [-0.25, -0.2) is 9.97 Å². The van der Waals surface area contributed by atoms with Crippen molar-refractivity contribution < 1.29 is 19.4 Å². The Hall–Kier alpha value is -4.07. The lowest BCUT2D eigenvalue weighted by Gasteiger charge is -2.13. The second-order valence-electron chi connectivity index (χ2n) is 6.59. The Morgan fingerprint density at radius 1 is 1.10 bits per heavy atom. The molecule has 0 aliphatic carbocycles. The molecule has 0 unspecified atom stereocenters. The van der Waals surface area contributed by atoms with E-state index in [0.717, 1.165) is 16.9 Å². The lowest BCUT2D eigenvalue weighted by molar-refractivity contribution is -0.136. The monoisotopic (exact) mass is 404 g/mol. The molecule has 2 aromatic heterocycles. The van der Waals surface area contributed by atoms with Crippen LogP contribution < -0.4 is 14.8 Å². The summed E-state index contributed by atoms with van der Waals surface area (Å²) < 4.78 is 12.5. The van der Waals surface area contributed by atoms with E-state index in [1.54, 1.807) is 32.5 Å². The van der Waals surface area contributed by atoms with Gasteiger partial charge in [0.05, 0.1) is 26.3 Å². The van der Waals surface area contributed by atoms with Crippen LogP contribution in [-0.4, -0.2) is 39.7 Å². The summed E-state index contributed by atoms with van der Waals surface area (Å²) >= 11 is 0. The molecule has 0 radical (unpaired) electrons. The highest BCUT2D eigenvalue weighted by Gasteiger charge is 2.12. The molecule has 0 spiro atoms. The van der Waals surface area contributed by atoms with Crippen LogP contribution in [0, 0.1) is 0 Å². The van der Waals surface area contributed by atoms with Gasteiger partial charge in [0, 0.05) is 29.7 Å². The summed E-state index contributed by atoms with van der Waals surface area (Å²) in [6, 6.07) is 14.7. The molecule has 0 saturated carbocycles. The van der Waals surface area contributed by atoms with Gasteiger partial charge in [0.2, 0.25) is 5.95 Å². The van der Waals surface area contributed by atoms with Crippen LogP contribution in [0.5, 0.6) is 11.5 Å². The number of carboxylic acid groups (broad SMARTS) is 1. The minimum Gasteiger partial charge on any atom is -0.493 e. The van der Waals surface area contributed by atoms with Gasteiger partial charge in [-0.3, -0.25) is 9.20 Å². The van der Waals surface area contributed by atoms with Crippen molar-refractivity contribution in [1.29, 1.82) is 0 Å². The van der Waals surface area contributed by atoms with Crippen LogP contribution in [0.25, 0.3) is 16.9 Å². The van der Waals surface area contributed by atoms with Crippen molar-refractivity contribution in [2.45, 2.75) is 6.42 Å².